The van der Waals surface area contributed by atoms with Crippen molar-refractivity contribution in [3.05, 3.63) is 0 Å². The van der Waals surface area contributed by atoms with E-state index in [1.54, 1.807) is 0 Å². The van der Waals surface area contributed by atoms with Crippen molar-refractivity contribution in [1.29, 1.82) is 0 Å². The summed E-state index contributed by atoms with van der Waals surface area (Å²) in [6, 6.07) is 0. The third-order valence-electron chi connectivity index (χ3n) is 0. The molecule has 0 rings (SSSR count). The summed E-state index contributed by atoms with van der Waals surface area (Å²) in [7, 11) is 0. The molecule has 0 atom stereocenters. The van der Waals surface area contributed by atoms with Gasteiger partial charge in [-0.25, -0.2) is 0 Å². The molecular weight excluding hydrogens is 241 g/mol. The van der Waals surface area contributed by atoms with E-state index in [0.29, 0.717) is 0 Å². The van der Waals surface area contributed by atoms with Crippen LogP contribution in [0.25, 0.3) is 0 Å². The fourth-order valence-corrected chi connectivity index (χ4v) is 0. The Hall–Kier alpha value is 2.09. The SMILES string of the molecule is O.[H-].[K+].[O]=[Sb]([OH])([OH])[OH]. The van der Waals surface area contributed by atoms with Gasteiger partial charge in [0.1, 0.15) is 0 Å². The summed E-state index contributed by atoms with van der Waals surface area (Å²) >= 11 is -5.35. The summed E-state index contributed by atoms with van der Waals surface area (Å²) in [5, 5.41) is 0. The van der Waals surface area contributed by atoms with Crippen molar-refractivity contribution in [1.82, 2.24) is 0 Å². The minimum absolute atomic E-state index is 0. The molecule has 0 aromatic rings. The van der Waals surface area contributed by atoms with Crippen molar-refractivity contribution in [2.45, 2.75) is 0 Å². The number of hydrogen-bond donors (Lipinski definition) is 3. The van der Waals surface area contributed by atoms with Gasteiger partial charge in [0, 0.05) is 0 Å². The van der Waals surface area contributed by atoms with Crippen LogP contribution < -0.4 is 51.4 Å². The van der Waals surface area contributed by atoms with Gasteiger partial charge < -0.3 is 6.90 Å². The van der Waals surface area contributed by atoms with Crippen LogP contribution in [-0.4, -0.2) is 35.7 Å². The maximum atomic E-state index is 8.97. The summed E-state index contributed by atoms with van der Waals surface area (Å²) in [4.78, 5) is 0. The van der Waals surface area contributed by atoms with Gasteiger partial charge in [0.25, 0.3) is 0 Å². The van der Waals surface area contributed by atoms with Gasteiger partial charge >= 0.3 is 84.6 Å². The summed E-state index contributed by atoms with van der Waals surface area (Å²) in [5.41, 5.74) is 0. The molecule has 7 heteroatoms. The molecule has 7 heavy (non-hydrogen) atoms. The Kier molecular flexibility index (Phi) is 14.3. The van der Waals surface area contributed by atoms with Crippen molar-refractivity contribution < 1.29 is 71.5 Å². The van der Waals surface area contributed by atoms with Crippen molar-refractivity contribution in [3.63, 3.8) is 0 Å². The van der Waals surface area contributed by atoms with Crippen molar-refractivity contribution >= 4 is 20.1 Å². The third kappa shape index (κ3) is 68.5. The summed E-state index contributed by atoms with van der Waals surface area (Å²) in [6.45, 7) is 0. The number of hydrogen-bond acceptors (Lipinski definition) is 1. The first-order chi connectivity index (χ1) is 2.00. The van der Waals surface area contributed by atoms with Gasteiger partial charge in [-0.3, -0.25) is 0 Å². The Balaban J connectivity index is -0.0000000267. The average Bonchev–Trinajstić information content (AvgIpc) is 0.722. The molecule has 0 aliphatic heterocycles. The molecule has 0 aromatic heterocycles. The molecule has 0 unspecified atom stereocenters. The van der Waals surface area contributed by atoms with E-state index in [1.807, 2.05) is 0 Å². The zero-order valence-corrected chi connectivity index (χ0v) is 9.37. The molecule has 0 radical (unpaired) electrons. The molecule has 0 aliphatic carbocycles. The molecule has 5 N–H and O–H groups in total. The summed E-state index contributed by atoms with van der Waals surface area (Å²) in [6.07, 6.45) is 0. The predicted octanol–water partition coefficient (Wildman–Crippen LogP) is -5.88. The normalized spacial score (nSPS) is 8.43. The van der Waals surface area contributed by atoms with E-state index in [4.69, 9.17) is 13.2 Å². The van der Waals surface area contributed by atoms with E-state index in [9.17, 15) is 0 Å². The first-order valence-corrected chi connectivity index (χ1v) is 5.25. The molecule has 0 amide bonds. The van der Waals surface area contributed by atoms with E-state index < -0.39 is 20.1 Å². The first-order valence-electron chi connectivity index (χ1n) is 0.783. The molecule has 0 fully saturated rings. The Morgan fingerprint density at radius 1 is 1.29 bits per heavy atom. The van der Waals surface area contributed by atoms with Gasteiger partial charge in [0.15, 0.2) is 0 Å². The second-order valence-corrected chi connectivity index (χ2v) is 3.44. The molecule has 0 spiro atoms. The standard InChI is InChI=1S/K.4H2O.O.Sb.H/h;4*1H2;;;/q+1;;;;;;+3;-1/p-3. The van der Waals surface area contributed by atoms with Crippen LogP contribution in [-0.2, 0) is 3.02 Å². The van der Waals surface area contributed by atoms with Crippen molar-refractivity contribution in [3.8, 4) is 0 Å². The van der Waals surface area contributed by atoms with Gasteiger partial charge in [0.2, 0.25) is 0 Å². The van der Waals surface area contributed by atoms with Crippen LogP contribution in [0.2, 0.25) is 0 Å². The Morgan fingerprint density at radius 3 is 1.29 bits per heavy atom. The second kappa shape index (κ2) is 6.22. The van der Waals surface area contributed by atoms with E-state index in [-0.39, 0.29) is 58.3 Å². The third-order valence-corrected chi connectivity index (χ3v) is 0. The molecule has 0 heterocycles. The van der Waals surface area contributed by atoms with Crippen LogP contribution in [0.1, 0.15) is 1.43 Å². The minimum atomic E-state index is -5.35. The van der Waals surface area contributed by atoms with Gasteiger partial charge in [-0.05, 0) is 0 Å². The molecular formula is H6KO5Sb. The molecule has 0 aromatic carbocycles. The van der Waals surface area contributed by atoms with Crippen LogP contribution >= 0.6 is 0 Å². The number of rotatable bonds is 0. The van der Waals surface area contributed by atoms with Crippen molar-refractivity contribution in [2.24, 2.45) is 0 Å². The molecule has 5 nitrogen and oxygen atoms in total. The monoisotopic (exact) mass is 246 g/mol. The quantitative estimate of drug-likeness (QED) is 0.370. The summed E-state index contributed by atoms with van der Waals surface area (Å²) < 4.78 is 30.8. The van der Waals surface area contributed by atoms with Gasteiger partial charge in [-0.2, -0.15) is 0 Å². The van der Waals surface area contributed by atoms with Gasteiger partial charge in [-0.15, -0.1) is 0 Å². The Bertz CT molecular complexity index is 58.6. The van der Waals surface area contributed by atoms with E-state index in [2.05, 4.69) is 0 Å². The average molecular weight is 247 g/mol. The Labute approximate surface area is 89.6 Å². The van der Waals surface area contributed by atoms with E-state index >= 15 is 0 Å². The van der Waals surface area contributed by atoms with E-state index in [1.165, 1.54) is 0 Å². The predicted molar refractivity (Wildman–Crippen MR) is 17.8 cm³/mol. The van der Waals surface area contributed by atoms with Gasteiger partial charge in [0.05, 0.1) is 0 Å². The van der Waals surface area contributed by atoms with E-state index in [0.717, 1.165) is 0 Å². The van der Waals surface area contributed by atoms with Crippen LogP contribution in [0.3, 0.4) is 0 Å². The maximum absolute atomic E-state index is 8.97. The molecule has 42 valence electrons. The first kappa shape index (κ1) is 16.0. The van der Waals surface area contributed by atoms with Gasteiger partial charge in [-0.1, -0.05) is 0 Å². The molecule has 0 saturated carbocycles. The van der Waals surface area contributed by atoms with Crippen LogP contribution in [0.15, 0.2) is 0 Å². The molecule has 0 bridgehead atoms. The van der Waals surface area contributed by atoms with Crippen LogP contribution in [0.4, 0.5) is 0 Å². The van der Waals surface area contributed by atoms with Crippen molar-refractivity contribution in [2.75, 3.05) is 0 Å². The Morgan fingerprint density at radius 2 is 1.29 bits per heavy atom. The van der Waals surface area contributed by atoms with Crippen LogP contribution in [0.5, 0.6) is 0 Å². The zero-order valence-electron chi connectivity index (χ0n) is 4.70. The fourth-order valence-electron chi connectivity index (χ4n) is 0. The molecule has 0 aliphatic rings. The zero-order chi connectivity index (χ0) is 4.50. The molecule has 0 saturated heterocycles. The second-order valence-electron chi connectivity index (χ2n) is 0.513. The summed E-state index contributed by atoms with van der Waals surface area (Å²) in [5.74, 6) is 0. The topological polar surface area (TPSA) is 109 Å². The van der Waals surface area contributed by atoms with Crippen LogP contribution in [0, 0.1) is 0 Å². The fraction of sp³-hybridized carbons (Fsp3) is 0.